The molecule has 0 aliphatic rings. The summed E-state index contributed by atoms with van der Waals surface area (Å²) in [6.07, 6.45) is 0. The fourth-order valence-electron chi connectivity index (χ4n) is 1.25. The van der Waals surface area contributed by atoms with Crippen LogP contribution in [0.25, 0.3) is 0 Å². The molecule has 15 heavy (non-hydrogen) atoms. The van der Waals surface area contributed by atoms with E-state index in [0.29, 0.717) is 17.9 Å². The molecule has 0 bridgehead atoms. The van der Waals surface area contributed by atoms with Gasteiger partial charge < -0.3 is 10.0 Å². The highest BCUT2D eigenvalue weighted by Crippen LogP contribution is 2.19. The molecule has 0 fully saturated rings. The largest absolute Gasteiger partial charge is 0.395 e. The fraction of sp³-hybridized carbons (Fsp3) is 0.500. The van der Waals surface area contributed by atoms with Crippen LogP contribution in [0.2, 0.25) is 0 Å². The molecular formula is C10H14N4O. The van der Waals surface area contributed by atoms with Crippen LogP contribution in [0.5, 0.6) is 0 Å². The third-order valence-corrected chi connectivity index (χ3v) is 2.34. The molecule has 1 aromatic heterocycles. The third-order valence-electron chi connectivity index (χ3n) is 2.34. The van der Waals surface area contributed by atoms with Gasteiger partial charge in [0, 0.05) is 13.6 Å². The van der Waals surface area contributed by atoms with E-state index in [9.17, 15) is 0 Å². The Morgan fingerprint density at radius 1 is 1.40 bits per heavy atom. The standard InChI is InChI=1S/C10H14N4O/c1-7-8(2)12-13-10(9(7)6-11)14(3)4-5-15/h15H,4-5H2,1-3H3. The van der Waals surface area contributed by atoms with Crippen molar-refractivity contribution in [3.05, 3.63) is 16.8 Å². The molecule has 80 valence electrons. The number of nitrogens with zero attached hydrogens (tertiary/aromatic N) is 4. The Balaban J connectivity index is 3.20. The van der Waals surface area contributed by atoms with Crippen LogP contribution in [-0.4, -0.2) is 35.5 Å². The molecule has 0 aromatic carbocycles. The van der Waals surface area contributed by atoms with Gasteiger partial charge in [-0.1, -0.05) is 0 Å². The van der Waals surface area contributed by atoms with E-state index in [1.165, 1.54) is 0 Å². The summed E-state index contributed by atoms with van der Waals surface area (Å²) in [4.78, 5) is 1.72. The monoisotopic (exact) mass is 206 g/mol. The second-order valence-electron chi connectivity index (χ2n) is 3.37. The average Bonchev–Trinajstić information content (AvgIpc) is 2.22. The van der Waals surface area contributed by atoms with Gasteiger partial charge in [-0.25, -0.2) is 0 Å². The van der Waals surface area contributed by atoms with E-state index in [-0.39, 0.29) is 6.61 Å². The van der Waals surface area contributed by atoms with Crippen molar-refractivity contribution in [3.63, 3.8) is 0 Å². The van der Waals surface area contributed by atoms with E-state index in [1.54, 1.807) is 11.9 Å². The highest BCUT2D eigenvalue weighted by atomic mass is 16.3. The molecule has 0 aliphatic heterocycles. The van der Waals surface area contributed by atoms with Crippen LogP contribution in [0.15, 0.2) is 0 Å². The summed E-state index contributed by atoms with van der Waals surface area (Å²) in [6, 6.07) is 2.12. The zero-order valence-electron chi connectivity index (χ0n) is 9.15. The van der Waals surface area contributed by atoms with Crippen molar-refractivity contribution in [2.45, 2.75) is 13.8 Å². The van der Waals surface area contributed by atoms with Crippen molar-refractivity contribution in [2.24, 2.45) is 0 Å². The van der Waals surface area contributed by atoms with Crippen LogP contribution in [0.4, 0.5) is 5.82 Å². The molecule has 5 heteroatoms. The predicted octanol–water partition coefficient (Wildman–Crippen LogP) is 0.394. The Kier molecular flexibility index (Phi) is 3.58. The minimum absolute atomic E-state index is 0.0238. The molecule has 0 aliphatic carbocycles. The lowest BCUT2D eigenvalue weighted by molar-refractivity contribution is 0.303. The number of hydrogen-bond acceptors (Lipinski definition) is 5. The van der Waals surface area contributed by atoms with Crippen molar-refractivity contribution < 1.29 is 5.11 Å². The van der Waals surface area contributed by atoms with Gasteiger partial charge >= 0.3 is 0 Å². The van der Waals surface area contributed by atoms with Crippen LogP contribution in [0.3, 0.4) is 0 Å². The fourth-order valence-corrected chi connectivity index (χ4v) is 1.25. The van der Waals surface area contributed by atoms with Gasteiger partial charge in [-0.2, -0.15) is 10.4 Å². The van der Waals surface area contributed by atoms with Crippen molar-refractivity contribution in [1.29, 1.82) is 5.26 Å². The molecule has 1 N–H and O–H groups in total. The lowest BCUT2D eigenvalue weighted by Gasteiger charge is -2.18. The molecule has 0 spiro atoms. The van der Waals surface area contributed by atoms with E-state index >= 15 is 0 Å². The number of rotatable bonds is 3. The zero-order valence-corrected chi connectivity index (χ0v) is 9.15. The first kappa shape index (κ1) is 11.4. The van der Waals surface area contributed by atoms with Crippen LogP contribution in [0.1, 0.15) is 16.8 Å². The van der Waals surface area contributed by atoms with E-state index < -0.39 is 0 Å². The summed E-state index contributed by atoms with van der Waals surface area (Å²) in [5, 5.41) is 25.8. The number of aryl methyl sites for hydroxylation is 1. The van der Waals surface area contributed by atoms with Crippen molar-refractivity contribution >= 4 is 5.82 Å². The number of likely N-dealkylation sites (N-methyl/N-ethyl adjacent to an activating group) is 1. The van der Waals surface area contributed by atoms with Gasteiger partial charge in [0.25, 0.3) is 0 Å². The maximum Gasteiger partial charge on any atom is 0.169 e. The Bertz CT molecular complexity index is 397. The molecule has 5 nitrogen and oxygen atoms in total. The smallest absolute Gasteiger partial charge is 0.169 e. The summed E-state index contributed by atoms with van der Waals surface area (Å²) in [5.41, 5.74) is 2.12. The molecule has 0 amide bonds. The first-order valence-corrected chi connectivity index (χ1v) is 4.67. The van der Waals surface area contributed by atoms with Gasteiger partial charge in [0.05, 0.1) is 12.3 Å². The van der Waals surface area contributed by atoms with Gasteiger partial charge in [0.2, 0.25) is 0 Å². The van der Waals surface area contributed by atoms with Crippen LogP contribution >= 0.6 is 0 Å². The van der Waals surface area contributed by atoms with Gasteiger partial charge in [0.1, 0.15) is 11.6 Å². The highest BCUT2D eigenvalue weighted by Gasteiger charge is 2.13. The number of aliphatic hydroxyl groups excluding tert-OH is 1. The molecule has 1 aromatic rings. The molecular weight excluding hydrogens is 192 g/mol. The molecule has 1 rings (SSSR count). The lowest BCUT2D eigenvalue weighted by atomic mass is 10.1. The topological polar surface area (TPSA) is 73.0 Å². The first-order chi connectivity index (χ1) is 7.11. The minimum Gasteiger partial charge on any atom is -0.395 e. The summed E-state index contributed by atoms with van der Waals surface area (Å²) < 4.78 is 0. The van der Waals surface area contributed by atoms with Crippen molar-refractivity contribution in [2.75, 3.05) is 25.1 Å². The highest BCUT2D eigenvalue weighted by molar-refractivity contribution is 5.56. The van der Waals surface area contributed by atoms with E-state index in [4.69, 9.17) is 10.4 Å². The average molecular weight is 206 g/mol. The Morgan fingerprint density at radius 2 is 2.07 bits per heavy atom. The molecule has 0 radical (unpaired) electrons. The molecule has 1 heterocycles. The predicted molar refractivity (Wildman–Crippen MR) is 56.6 cm³/mol. The van der Waals surface area contributed by atoms with E-state index in [0.717, 1.165) is 11.3 Å². The number of hydrogen-bond donors (Lipinski definition) is 1. The van der Waals surface area contributed by atoms with Gasteiger partial charge in [-0.05, 0) is 19.4 Å². The Labute approximate surface area is 89.0 Å². The number of aromatic nitrogens is 2. The van der Waals surface area contributed by atoms with E-state index in [1.807, 2.05) is 13.8 Å². The Morgan fingerprint density at radius 3 is 2.60 bits per heavy atom. The quantitative estimate of drug-likeness (QED) is 0.774. The van der Waals surface area contributed by atoms with Crippen molar-refractivity contribution in [1.82, 2.24) is 10.2 Å². The minimum atomic E-state index is 0.0238. The maximum atomic E-state index is 9.03. The number of aliphatic hydroxyl groups is 1. The second-order valence-corrected chi connectivity index (χ2v) is 3.37. The summed E-state index contributed by atoms with van der Waals surface area (Å²) in [7, 11) is 1.77. The maximum absolute atomic E-state index is 9.03. The second kappa shape index (κ2) is 4.71. The zero-order chi connectivity index (χ0) is 11.4. The molecule has 0 atom stereocenters. The SMILES string of the molecule is Cc1nnc(N(C)CCO)c(C#N)c1C. The summed E-state index contributed by atoms with van der Waals surface area (Å²) in [5.74, 6) is 0.523. The molecule has 0 saturated carbocycles. The van der Waals surface area contributed by atoms with Crippen LogP contribution < -0.4 is 4.90 Å². The van der Waals surface area contributed by atoms with Crippen LogP contribution in [-0.2, 0) is 0 Å². The summed E-state index contributed by atoms with van der Waals surface area (Å²) in [6.45, 7) is 4.12. The molecule has 0 unspecified atom stereocenters. The van der Waals surface area contributed by atoms with Gasteiger partial charge in [-0.15, -0.1) is 5.10 Å². The normalized spacial score (nSPS) is 9.80. The van der Waals surface area contributed by atoms with Crippen molar-refractivity contribution in [3.8, 4) is 6.07 Å². The number of nitriles is 1. The van der Waals surface area contributed by atoms with Gasteiger partial charge in [0.15, 0.2) is 5.82 Å². The summed E-state index contributed by atoms with van der Waals surface area (Å²) >= 11 is 0. The molecule has 0 saturated heterocycles. The van der Waals surface area contributed by atoms with Crippen LogP contribution in [0, 0.1) is 25.2 Å². The van der Waals surface area contributed by atoms with Gasteiger partial charge in [-0.3, -0.25) is 0 Å². The van der Waals surface area contributed by atoms with E-state index in [2.05, 4.69) is 16.3 Å². The number of anilines is 1. The third kappa shape index (κ3) is 2.22. The lowest BCUT2D eigenvalue weighted by Crippen LogP contribution is -2.24. The Hall–Kier alpha value is -1.67. The first-order valence-electron chi connectivity index (χ1n) is 4.67.